The first kappa shape index (κ1) is 13.1. The molecular formula is C10H16FN5O. The molecule has 0 aliphatic rings. The number of anilines is 2. The maximum Gasteiger partial charge on any atom is 0.224 e. The van der Waals surface area contributed by atoms with Crippen molar-refractivity contribution in [2.45, 2.75) is 25.8 Å². The van der Waals surface area contributed by atoms with E-state index in [1.165, 1.54) is 0 Å². The summed E-state index contributed by atoms with van der Waals surface area (Å²) in [6.45, 7) is 3.47. The van der Waals surface area contributed by atoms with E-state index >= 15 is 0 Å². The van der Waals surface area contributed by atoms with Gasteiger partial charge in [-0.15, -0.1) is 0 Å². The van der Waals surface area contributed by atoms with Crippen LogP contribution in [0.15, 0.2) is 6.20 Å². The van der Waals surface area contributed by atoms with Gasteiger partial charge in [0.2, 0.25) is 11.9 Å². The standard InChI is InChI=1S/C10H16FN5O/c1-10(2,4-7(12)17)16-8-6(11)5-14-9(13-3)15-8/h5H,4H2,1-3H3,(H2,12,17)(H2,13,14,15,16). The first-order valence-electron chi connectivity index (χ1n) is 5.11. The third kappa shape index (κ3) is 3.86. The monoisotopic (exact) mass is 241 g/mol. The summed E-state index contributed by atoms with van der Waals surface area (Å²) in [6, 6.07) is 0. The molecule has 0 saturated carbocycles. The molecule has 7 heteroatoms. The van der Waals surface area contributed by atoms with Gasteiger partial charge < -0.3 is 16.4 Å². The molecule has 17 heavy (non-hydrogen) atoms. The van der Waals surface area contributed by atoms with Crippen molar-refractivity contribution >= 4 is 17.7 Å². The smallest absolute Gasteiger partial charge is 0.224 e. The highest BCUT2D eigenvalue weighted by atomic mass is 19.1. The summed E-state index contributed by atoms with van der Waals surface area (Å²) >= 11 is 0. The van der Waals surface area contributed by atoms with Gasteiger partial charge in [-0.1, -0.05) is 0 Å². The van der Waals surface area contributed by atoms with Gasteiger partial charge in [-0.2, -0.15) is 4.98 Å². The van der Waals surface area contributed by atoms with Gasteiger partial charge in [0.15, 0.2) is 11.6 Å². The number of rotatable bonds is 5. The van der Waals surface area contributed by atoms with E-state index in [9.17, 15) is 9.18 Å². The molecule has 0 aliphatic carbocycles. The topological polar surface area (TPSA) is 92.9 Å². The number of carbonyl (C=O) groups excluding carboxylic acids is 1. The molecule has 0 spiro atoms. The maximum absolute atomic E-state index is 13.4. The van der Waals surface area contributed by atoms with Crippen molar-refractivity contribution in [3.63, 3.8) is 0 Å². The highest BCUT2D eigenvalue weighted by molar-refractivity contribution is 5.75. The van der Waals surface area contributed by atoms with Crippen LogP contribution >= 0.6 is 0 Å². The Bertz CT molecular complexity index is 421. The molecule has 0 radical (unpaired) electrons. The maximum atomic E-state index is 13.4. The first-order valence-corrected chi connectivity index (χ1v) is 5.11. The average molecular weight is 241 g/mol. The summed E-state index contributed by atoms with van der Waals surface area (Å²) in [4.78, 5) is 18.5. The van der Waals surface area contributed by atoms with Gasteiger partial charge >= 0.3 is 0 Å². The second-order valence-corrected chi connectivity index (χ2v) is 4.29. The Balaban J connectivity index is 2.89. The number of nitrogens with one attached hydrogen (secondary N) is 2. The van der Waals surface area contributed by atoms with Crippen LogP contribution in [0, 0.1) is 5.82 Å². The van der Waals surface area contributed by atoms with Crippen LogP contribution in [0.3, 0.4) is 0 Å². The molecule has 0 fully saturated rings. The number of hydrogen-bond donors (Lipinski definition) is 3. The molecule has 0 saturated heterocycles. The summed E-state index contributed by atoms with van der Waals surface area (Å²) in [5, 5.41) is 5.53. The molecule has 4 N–H and O–H groups in total. The van der Waals surface area contributed by atoms with Gasteiger partial charge in [0.1, 0.15) is 0 Å². The van der Waals surface area contributed by atoms with E-state index in [0.717, 1.165) is 6.20 Å². The zero-order valence-corrected chi connectivity index (χ0v) is 10.0. The van der Waals surface area contributed by atoms with Gasteiger partial charge in [-0.05, 0) is 13.8 Å². The van der Waals surface area contributed by atoms with Gasteiger partial charge in [0.05, 0.1) is 6.20 Å². The normalized spacial score (nSPS) is 11.1. The van der Waals surface area contributed by atoms with E-state index in [-0.39, 0.29) is 12.2 Å². The number of hydrogen-bond acceptors (Lipinski definition) is 5. The van der Waals surface area contributed by atoms with Crippen LogP contribution in [0.4, 0.5) is 16.2 Å². The Labute approximate surface area is 98.8 Å². The molecule has 1 rings (SSSR count). The summed E-state index contributed by atoms with van der Waals surface area (Å²) in [6.07, 6.45) is 1.13. The Morgan fingerprint density at radius 2 is 2.24 bits per heavy atom. The van der Waals surface area contributed by atoms with Crippen LogP contribution in [0.1, 0.15) is 20.3 Å². The van der Waals surface area contributed by atoms with Crippen molar-refractivity contribution < 1.29 is 9.18 Å². The van der Waals surface area contributed by atoms with E-state index in [1.54, 1.807) is 20.9 Å². The summed E-state index contributed by atoms with van der Waals surface area (Å²) in [5.41, 5.74) is 4.43. The predicted molar refractivity (Wildman–Crippen MR) is 63.0 cm³/mol. The molecule has 1 aromatic rings. The van der Waals surface area contributed by atoms with Crippen molar-refractivity contribution in [2.24, 2.45) is 5.73 Å². The van der Waals surface area contributed by atoms with Crippen molar-refractivity contribution in [1.82, 2.24) is 9.97 Å². The van der Waals surface area contributed by atoms with Gasteiger partial charge in [-0.25, -0.2) is 9.37 Å². The second kappa shape index (κ2) is 4.94. The fourth-order valence-corrected chi connectivity index (χ4v) is 1.38. The molecule has 0 atom stereocenters. The number of nitrogens with zero attached hydrogens (tertiary/aromatic N) is 2. The Kier molecular flexibility index (Phi) is 3.82. The minimum absolute atomic E-state index is 0.0376. The molecule has 6 nitrogen and oxygen atoms in total. The number of aromatic nitrogens is 2. The lowest BCUT2D eigenvalue weighted by atomic mass is 10.0. The van der Waals surface area contributed by atoms with Crippen LogP contribution < -0.4 is 16.4 Å². The zero-order valence-electron chi connectivity index (χ0n) is 10.0. The predicted octanol–water partition coefficient (Wildman–Crippen LogP) is 0.723. The van der Waals surface area contributed by atoms with E-state index in [1.807, 2.05) is 0 Å². The fraction of sp³-hybridized carbons (Fsp3) is 0.500. The van der Waals surface area contributed by atoms with Gasteiger partial charge in [-0.3, -0.25) is 4.79 Å². The Hall–Kier alpha value is -1.92. The van der Waals surface area contributed by atoms with E-state index in [4.69, 9.17) is 5.73 Å². The molecule has 1 heterocycles. The van der Waals surface area contributed by atoms with E-state index in [0.29, 0.717) is 5.95 Å². The molecule has 1 amide bonds. The number of halogens is 1. The van der Waals surface area contributed by atoms with Gasteiger partial charge in [0.25, 0.3) is 0 Å². The lowest BCUT2D eigenvalue weighted by Crippen LogP contribution is -2.36. The third-order valence-corrected chi connectivity index (χ3v) is 2.04. The van der Waals surface area contributed by atoms with Crippen molar-refractivity contribution in [3.8, 4) is 0 Å². The molecule has 0 unspecified atom stereocenters. The van der Waals surface area contributed by atoms with E-state index < -0.39 is 17.3 Å². The summed E-state index contributed by atoms with van der Waals surface area (Å²) in [7, 11) is 1.63. The van der Waals surface area contributed by atoms with Crippen LogP contribution in [0.2, 0.25) is 0 Å². The molecular weight excluding hydrogens is 225 g/mol. The highest BCUT2D eigenvalue weighted by Crippen LogP contribution is 2.19. The van der Waals surface area contributed by atoms with Crippen LogP contribution in [0.5, 0.6) is 0 Å². The number of primary amides is 1. The Morgan fingerprint density at radius 1 is 1.59 bits per heavy atom. The van der Waals surface area contributed by atoms with Crippen molar-refractivity contribution in [1.29, 1.82) is 0 Å². The zero-order chi connectivity index (χ0) is 13.1. The molecule has 0 aliphatic heterocycles. The van der Waals surface area contributed by atoms with Crippen molar-refractivity contribution in [3.05, 3.63) is 12.0 Å². The van der Waals surface area contributed by atoms with Crippen LogP contribution in [-0.4, -0.2) is 28.5 Å². The number of amides is 1. The molecule has 0 bridgehead atoms. The largest absolute Gasteiger partial charge is 0.370 e. The van der Waals surface area contributed by atoms with Crippen LogP contribution in [-0.2, 0) is 4.79 Å². The Morgan fingerprint density at radius 3 is 2.76 bits per heavy atom. The number of nitrogens with two attached hydrogens (primary N) is 1. The fourth-order valence-electron chi connectivity index (χ4n) is 1.38. The van der Waals surface area contributed by atoms with Gasteiger partial charge in [0, 0.05) is 19.0 Å². The number of carbonyl (C=O) groups is 1. The molecule has 1 aromatic heterocycles. The lowest BCUT2D eigenvalue weighted by Gasteiger charge is -2.25. The molecule has 94 valence electrons. The summed E-state index contributed by atoms with van der Waals surface area (Å²) in [5.74, 6) is -0.716. The minimum atomic E-state index is -0.675. The minimum Gasteiger partial charge on any atom is -0.370 e. The summed E-state index contributed by atoms with van der Waals surface area (Å²) < 4.78 is 13.4. The molecule has 0 aromatic carbocycles. The van der Waals surface area contributed by atoms with Crippen LogP contribution in [0.25, 0.3) is 0 Å². The third-order valence-electron chi connectivity index (χ3n) is 2.04. The quantitative estimate of drug-likeness (QED) is 0.706. The average Bonchev–Trinajstić information content (AvgIpc) is 2.19. The SMILES string of the molecule is CNc1ncc(F)c(NC(C)(C)CC(N)=O)n1. The van der Waals surface area contributed by atoms with Crippen molar-refractivity contribution in [2.75, 3.05) is 17.7 Å². The highest BCUT2D eigenvalue weighted by Gasteiger charge is 2.22. The lowest BCUT2D eigenvalue weighted by molar-refractivity contribution is -0.118. The first-order chi connectivity index (χ1) is 7.84. The second-order valence-electron chi connectivity index (χ2n) is 4.29. The van der Waals surface area contributed by atoms with E-state index in [2.05, 4.69) is 20.6 Å².